The fourth-order valence-electron chi connectivity index (χ4n) is 1.95. The van der Waals surface area contributed by atoms with Gasteiger partial charge in [0.15, 0.2) is 5.13 Å². The molecule has 0 atom stereocenters. The molecule has 2 aromatic rings. The lowest BCUT2D eigenvalue weighted by molar-refractivity contribution is 0.102. The van der Waals surface area contributed by atoms with E-state index in [-0.39, 0.29) is 5.91 Å². The van der Waals surface area contributed by atoms with E-state index in [1.165, 1.54) is 11.3 Å². The van der Waals surface area contributed by atoms with E-state index in [9.17, 15) is 4.79 Å². The zero-order valence-corrected chi connectivity index (χ0v) is 9.93. The van der Waals surface area contributed by atoms with Crippen LogP contribution in [0.1, 0.15) is 27.5 Å². The number of hydrogen-bond donors (Lipinski definition) is 3. The molecule has 2 heterocycles. The van der Waals surface area contributed by atoms with Crippen LogP contribution in [0.5, 0.6) is 0 Å². The molecule has 0 spiro atoms. The van der Waals surface area contributed by atoms with E-state index < -0.39 is 0 Å². The largest absolute Gasteiger partial charge is 0.397 e. The van der Waals surface area contributed by atoms with Crippen molar-refractivity contribution >= 4 is 28.1 Å². The van der Waals surface area contributed by atoms with Crippen molar-refractivity contribution in [3.8, 4) is 0 Å². The van der Waals surface area contributed by atoms with Crippen LogP contribution in [0.3, 0.4) is 0 Å². The number of nitrogens with one attached hydrogen (secondary N) is 2. The topological polar surface area (TPSA) is 83.8 Å². The van der Waals surface area contributed by atoms with E-state index in [2.05, 4.69) is 15.3 Å². The zero-order chi connectivity index (χ0) is 11.8. The van der Waals surface area contributed by atoms with Gasteiger partial charge in [0.25, 0.3) is 5.91 Å². The molecule has 88 valence electrons. The molecule has 1 amide bonds. The highest BCUT2D eigenvalue weighted by molar-refractivity contribution is 7.15. The van der Waals surface area contributed by atoms with Gasteiger partial charge in [0.1, 0.15) is 5.69 Å². The Morgan fingerprint density at radius 2 is 2.41 bits per heavy atom. The maximum atomic E-state index is 11.8. The summed E-state index contributed by atoms with van der Waals surface area (Å²) in [6.07, 6.45) is 4.88. The van der Waals surface area contributed by atoms with Crippen LogP contribution in [0.2, 0.25) is 0 Å². The molecule has 0 saturated heterocycles. The Balaban J connectivity index is 1.76. The van der Waals surface area contributed by atoms with Crippen molar-refractivity contribution in [1.82, 2.24) is 9.97 Å². The summed E-state index contributed by atoms with van der Waals surface area (Å²) < 4.78 is 0. The van der Waals surface area contributed by atoms with E-state index >= 15 is 0 Å². The lowest BCUT2D eigenvalue weighted by atomic mass is 10.4. The van der Waals surface area contributed by atoms with E-state index in [0.717, 1.165) is 18.5 Å². The first kappa shape index (κ1) is 10.3. The minimum Gasteiger partial charge on any atom is -0.397 e. The third-order valence-corrected chi connectivity index (χ3v) is 3.84. The summed E-state index contributed by atoms with van der Waals surface area (Å²) in [4.78, 5) is 20.3. The highest BCUT2D eigenvalue weighted by Crippen LogP contribution is 2.30. The van der Waals surface area contributed by atoms with Crippen molar-refractivity contribution in [1.29, 1.82) is 0 Å². The predicted molar refractivity (Wildman–Crippen MR) is 67.3 cm³/mol. The third-order valence-electron chi connectivity index (χ3n) is 2.77. The lowest BCUT2D eigenvalue weighted by Crippen LogP contribution is -2.12. The number of H-pyrrole nitrogens is 1. The minimum atomic E-state index is -0.200. The van der Waals surface area contributed by atoms with Gasteiger partial charge in [0.2, 0.25) is 0 Å². The van der Waals surface area contributed by atoms with Crippen LogP contribution in [0.25, 0.3) is 0 Å². The number of aryl methyl sites for hydroxylation is 2. The van der Waals surface area contributed by atoms with E-state index in [1.54, 1.807) is 23.6 Å². The highest BCUT2D eigenvalue weighted by atomic mass is 32.1. The van der Waals surface area contributed by atoms with Crippen molar-refractivity contribution in [3.63, 3.8) is 0 Å². The molecule has 1 aliphatic rings. The van der Waals surface area contributed by atoms with Crippen LogP contribution >= 0.6 is 11.3 Å². The second-order valence-electron chi connectivity index (χ2n) is 4.04. The summed E-state index contributed by atoms with van der Waals surface area (Å²) in [6, 6.07) is 1.61. The number of thiazole rings is 1. The molecule has 6 heteroatoms. The molecular formula is C11H12N4OS. The number of carbonyl (C=O) groups excluding carboxylic acids is 1. The predicted octanol–water partition coefficient (Wildman–Crippen LogP) is 1.79. The number of nitrogens with two attached hydrogens (primary N) is 1. The van der Waals surface area contributed by atoms with Gasteiger partial charge in [0.05, 0.1) is 5.69 Å². The molecule has 17 heavy (non-hydrogen) atoms. The van der Waals surface area contributed by atoms with Crippen LogP contribution in [0, 0.1) is 0 Å². The summed E-state index contributed by atoms with van der Waals surface area (Å²) in [5, 5.41) is 3.46. The van der Waals surface area contributed by atoms with E-state index in [4.69, 9.17) is 5.73 Å². The molecule has 5 nitrogen and oxygen atoms in total. The maximum absolute atomic E-state index is 11.8. The van der Waals surface area contributed by atoms with Gasteiger partial charge in [0, 0.05) is 16.8 Å². The number of nitrogens with zero attached hydrogens (tertiary/aromatic N) is 1. The van der Waals surface area contributed by atoms with Crippen LogP contribution in [-0.2, 0) is 12.8 Å². The minimum absolute atomic E-state index is 0.200. The number of nitrogen functional groups attached to an aromatic ring is 1. The molecule has 1 aliphatic carbocycles. The first-order valence-corrected chi connectivity index (χ1v) is 6.28. The fraction of sp³-hybridized carbons (Fsp3) is 0.273. The van der Waals surface area contributed by atoms with Gasteiger partial charge in [-0.3, -0.25) is 10.1 Å². The molecule has 2 aromatic heterocycles. The summed E-state index contributed by atoms with van der Waals surface area (Å²) in [5.74, 6) is -0.200. The van der Waals surface area contributed by atoms with Crippen molar-refractivity contribution in [2.45, 2.75) is 19.3 Å². The first-order valence-electron chi connectivity index (χ1n) is 5.46. The van der Waals surface area contributed by atoms with Crippen LogP contribution < -0.4 is 11.1 Å². The summed E-state index contributed by atoms with van der Waals surface area (Å²) in [7, 11) is 0. The molecule has 0 aliphatic heterocycles. The SMILES string of the molecule is Nc1c[nH]c(C(=O)Nc2nc3c(s2)CCC3)c1. The van der Waals surface area contributed by atoms with Gasteiger partial charge in [-0.1, -0.05) is 0 Å². The van der Waals surface area contributed by atoms with E-state index in [1.807, 2.05) is 0 Å². The third kappa shape index (κ3) is 1.91. The molecule has 0 aromatic carbocycles. The molecule has 0 unspecified atom stereocenters. The molecule has 4 N–H and O–H groups in total. The number of aromatic amines is 1. The Morgan fingerprint density at radius 1 is 1.53 bits per heavy atom. The second-order valence-corrected chi connectivity index (χ2v) is 5.13. The Hall–Kier alpha value is -1.82. The van der Waals surface area contributed by atoms with Crippen molar-refractivity contribution in [2.75, 3.05) is 11.1 Å². The number of carbonyl (C=O) groups is 1. The van der Waals surface area contributed by atoms with Crippen LogP contribution in [-0.4, -0.2) is 15.9 Å². The number of aromatic nitrogens is 2. The van der Waals surface area contributed by atoms with Gasteiger partial charge >= 0.3 is 0 Å². The normalized spacial score (nSPS) is 13.6. The van der Waals surface area contributed by atoms with Crippen molar-refractivity contribution in [2.24, 2.45) is 0 Å². The quantitative estimate of drug-likeness (QED) is 0.757. The Morgan fingerprint density at radius 3 is 3.12 bits per heavy atom. The summed E-state index contributed by atoms with van der Waals surface area (Å²) >= 11 is 1.56. The molecule has 0 radical (unpaired) electrons. The number of amides is 1. The monoisotopic (exact) mass is 248 g/mol. The number of rotatable bonds is 2. The van der Waals surface area contributed by atoms with Gasteiger partial charge < -0.3 is 10.7 Å². The zero-order valence-electron chi connectivity index (χ0n) is 9.12. The second kappa shape index (κ2) is 3.89. The van der Waals surface area contributed by atoms with Gasteiger partial charge in [-0.15, -0.1) is 11.3 Å². The van der Waals surface area contributed by atoms with Crippen LogP contribution in [0.15, 0.2) is 12.3 Å². The molecule has 0 fully saturated rings. The summed E-state index contributed by atoms with van der Waals surface area (Å²) in [6.45, 7) is 0. The van der Waals surface area contributed by atoms with Crippen molar-refractivity contribution in [3.05, 3.63) is 28.5 Å². The molecule has 0 bridgehead atoms. The number of fused-ring (bicyclic) bond motifs is 1. The Bertz CT molecular complexity index is 550. The fourth-order valence-corrected chi connectivity index (χ4v) is 3.00. The Kier molecular flexibility index (Phi) is 2.36. The van der Waals surface area contributed by atoms with Crippen molar-refractivity contribution < 1.29 is 4.79 Å². The maximum Gasteiger partial charge on any atom is 0.273 e. The first-order chi connectivity index (χ1) is 8.22. The lowest BCUT2D eigenvalue weighted by Gasteiger charge is -1.98. The van der Waals surface area contributed by atoms with Gasteiger partial charge in [-0.05, 0) is 25.3 Å². The average Bonchev–Trinajstić information content (AvgIpc) is 2.92. The molecule has 3 rings (SSSR count). The van der Waals surface area contributed by atoms with Gasteiger partial charge in [-0.2, -0.15) is 0 Å². The standard InChI is InChI=1S/C11H12N4OS/c12-6-4-8(13-5-6)10(16)15-11-14-7-2-1-3-9(7)17-11/h4-5,13H,1-3,12H2,(H,14,15,16). The average molecular weight is 248 g/mol. The van der Waals surface area contributed by atoms with Crippen LogP contribution in [0.4, 0.5) is 10.8 Å². The number of hydrogen-bond acceptors (Lipinski definition) is 4. The highest BCUT2D eigenvalue weighted by Gasteiger charge is 2.18. The number of anilines is 2. The smallest absolute Gasteiger partial charge is 0.273 e. The van der Waals surface area contributed by atoms with Gasteiger partial charge in [-0.25, -0.2) is 4.98 Å². The molecular weight excluding hydrogens is 236 g/mol. The van der Waals surface area contributed by atoms with E-state index in [0.29, 0.717) is 16.5 Å². The Labute approximate surface area is 102 Å². The summed E-state index contributed by atoms with van der Waals surface area (Å²) in [5.41, 5.74) is 7.69. The molecule has 0 saturated carbocycles.